The number of para-hydroxylation sites is 1. The largest absolute Gasteiger partial charge is 0.494 e. The van der Waals surface area contributed by atoms with Crippen LogP contribution in [0.5, 0.6) is 5.75 Å². The van der Waals surface area contributed by atoms with Crippen LogP contribution < -0.4 is 10.3 Å². The Bertz CT molecular complexity index is 1650. The zero-order valence-electron chi connectivity index (χ0n) is 19.9. The number of Topliss-reactive ketones (excluding diaryl/α,β-unsaturated/α-hetero) is 1. The van der Waals surface area contributed by atoms with E-state index in [0.717, 1.165) is 63.8 Å². The van der Waals surface area contributed by atoms with Crippen molar-refractivity contribution < 1.29 is 9.53 Å². The molecule has 3 heterocycles. The predicted octanol–water partition coefficient (Wildman–Crippen LogP) is 6.18. The number of hydrogen-bond acceptors (Lipinski definition) is 6. The Hall–Kier alpha value is -3.36. The second-order valence-corrected chi connectivity index (χ2v) is 10.8. The first-order valence-electron chi connectivity index (χ1n) is 12.2. The summed E-state index contributed by atoms with van der Waals surface area (Å²) in [5.74, 6) is 0.928. The number of nitrogens with one attached hydrogen (secondary N) is 1. The Kier molecular flexibility index (Phi) is 6.15. The fraction of sp³-hybridized carbons (Fsp3) is 0.250. The zero-order valence-corrected chi connectivity index (χ0v) is 21.5. The first kappa shape index (κ1) is 23.1. The van der Waals surface area contributed by atoms with Crippen molar-refractivity contribution >= 4 is 50.0 Å². The van der Waals surface area contributed by atoms with E-state index in [1.807, 2.05) is 55.5 Å². The SMILES string of the molecule is CCOc1ccc(-n2c(SCC(=O)c3c[nH]c4ccccc34)nc3sc4c(c3c2=O)CCCC4)cc1. The maximum absolute atomic E-state index is 13.9. The molecular formula is C28H25N3O3S2. The van der Waals surface area contributed by atoms with Crippen LogP contribution in [0.2, 0.25) is 0 Å². The molecule has 1 N–H and O–H groups in total. The molecule has 36 heavy (non-hydrogen) atoms. The molecule has 8 heteroatoms. The van der Waals surface area contributed by atoms with Gasteiger partial charge in [-0.2, -0.15) is 0 Å². The molecule has 1 aliphatic rings. The number of ether oxygens (including phenoxy) is 1. The van der Waals surface area contributed by atoms with Crippen molar-refractivity contribution in [3.8, 4) is 11.4 Å². The molecule has 0 aliphatic heterocycles. The van der Waals surface area contributed by atoms with Gasteiger partial charge < -0.3 is 9.72 Å². The van der Waals surface area contributed by atoms with E-state index in [1.54, 1.807) is 22.1 Å². The van der Waals surface area contributed by atoms with Crippen LogP contribution in [0.15, 0.2) is 64.7 Å². The van der Waals surface area contributed by atoms with Crippen LogP contribution in [0.25, 0.3) is 26.8 Å². The molecule has 0 radical (unpaired) electrons. The van der Waals surface area contributed by atoms with Crippen molar-refractivity contribution in [1.82, 2.24) is 14.5 Å². The topological polar surface area (TPSA) is 77.0 Å². The molecule has 182 valence electrons. The first-order valence-corrected chi connectivity index (χ1v) is 14.0. The average Bonchev–Trinajstić information content (AvgIpc) is 3.50. The van der Waals surface area contributed by atoms with Gasteiger partial charge in [-0.1, -0.05) is 30.0 Å². The number of aryl methyl sites for hydroxylation is 2. The number of thiophene rings is 1. The number of fused-ring (bicyclic) bond motifs is 4. The number of hydrogen-bond donors (Lipinski definition) is 1. The third-order valence-electron chi connectivity index (χ3n) is 6.59. The summed E-state index contributed by atoms with van der Waals surface area (Å²) in [5.41, 5.74) is 3.40. The van der Waals surface area contributed by atoms with Gasteiger partial charge in [-0.3, -0.25) is 14.2 Å². The monoisotopic (exact) mass is 515 g/mol. The van der Waals surface area contributed by atoms with E-state index in [4.69, 9.17) is 9.72 Å². The number of ketones is 1. The molecule has 2 aromatic carbocycles. The van der Waals surface area contributed by atoms with Crippen molar-refractivity contribution in [3.63, 3.8) is 0 Å². The predicted molar refractivity (Wildman–Crippen MR) is 146 cm³/mol. The number of rotatable bonds is 7. The maximum atomic E-state index is 13.9. The molecule has 3 aromatic heterocycles. The number of aromatic amines is 1. The highest BCUT2D eigenvalue weighted by Gasteiger charge is 2.23. The molecule has 1 aliphatic carbocycles. The zero-order chi connectivity index (χ0) is 24.6. The third kappa shape index (κ3) is 4.04. The van der Waals surface area contributed by atoms with Crippen molar-refractivity contribution in [2.75, 3.05) is 12.4 Å². The van der Waals surface area contributed by atoms with Crippen molar-refractivity contribution in [2.45, 2.75) is 37.8 Å². The summed E-state index contributed by atoms with van der Waals surface area (Å²) >= 11 is 2.94. The molecule has 0 saturated heterocycles. The number of nitrogens with zero attached hydrogens (tertiary/aromatic N) is 2. The van der Waals surface area contributed by atoms with E-state index in [1.165, 1.54) is 16.6 Å². The smallest absolute Gasteiger partial charge is 0.267 e. The summed E-state index contributed by atoms with van der Waals surface area (Å²) in [4.78, 5) is 37.3. The van der Waals surface area contributed by atoms with E-state index in [9.17, 15) is 9.59 Å². The highest BCUT2D eigenvalue weighted by Crippen LogP contribution is 2.35. The van der Waals surface area contributed by atoms with E-state index >= 15 is 0 Å². The summed E-state index contributed by atoms with van der Waals surface area (Å²) in [7, 11) is 0. The number of H-pyrrole nitrogens is 1. The van der Waals surface area contributed by atoms with Crippen LogP contribution in [0.3, 0.4) is 0 Å². The van der Waals surface area contributed by atoms with Gasteiger partial charge in [0.1, 0.15) is 10.6 Å². The third-order valence-corrected chi connectivity index (χ3v) is 8.71. The van der Waals surface area contributed by atoms with Gasteiger partial charge in [0.2, 0.25) is 0 Å². The Labute approximate surface area is 216 Å². The minimum atomic E-state index is -0.0643. The second kappa shape index (κ2) is 9.59. The van der Waals surface area contributed by atoms with Gasteiger partial charge in [0, 0.05) is 27.5 Å². The van der Waals surface area contributed by atoms with E-state index in [0.29, 0.717) is 17.3 Å². The lowest BCUT2D eigenvalue weighted by atomic mass is 9.97. The molecule has 0 fully saturated rings. The van der Waals surface area contributed by atoms with Crippen molar-refractivity contribution in [1.29, 1.82) is 0 Å². The van der Waals surface area contributed by atoms with Crippen LogP contribution in [-0.4, -0.2) is 32.7 Å². The fourth-order valence-electron chi connectivity index (χ4n) is 4.88. The van der Waals surface area contributed by atoms with E-state index in [2.05, 4.69) is 4.98 Å². The van der Waals surface area contributed by atoms with Gasteiger partial charge in [-0.05, 0) is 68.5 Å². The van der Waals surface area contributed by atoms with Gasteiger partial charge in [0.05, 0.1) is 23.4 Å². The average molecular weight is 516 g/mol. The minimum Gasteiger partial charge on any atom is -0.494 e. The number of carbonyl (C=O) groups is 1. The lowest BCUT2D eigenvalue weighted by Crippen LogP contribution is -2.22. The van der Waals surface area contributed by atoms with Crippen LogP contribution in [0.4, 0.5) is 0 Å². The first-order chi connectivity index (χ1) is 17.6. The Morgan fingerprint density at radius 2 is 1.94 bits per heavy atom. The summed E-state index contributed by atoms with van der Waals surface area (Å²) in [6, 6.07) is 15.3. The Morgan fingerprint density at radius 3 is 2.78 bits per heavy atom. The van der Waals surface area contributed by atoms with Crippen LogP contribution in [-0.2, 0) is 12.8 Å². The normalized spacial score (nSPS) is 13.2. The summed E-state index contributed by atoms with van der Waals surface area (Å²) < 4.78 is 7.25. The minimum absolute atomic E-state index is 0.00415. The van der Waals surface area contributed by atoms with Crippen molar-refractivity contribution in [3.05, 3.63) is 81.1 Å². The van der Waals surface area contributed by atoms with Gasteiger partial charge in [0.15, 0.2) is 10.9 Å². The molecule has 0 saturated carbocycles. The van der Waals surface area contributed by atoms with Gasteiger partial charge >= 0.3 is 0 Å². The molecule has 6 rings (SSSR count). The molecule has 0 unspecified atom stereocenters. The summed E-state index contributed by atoms with van der Waals surface area (Å²) in [5, 5.41) is 2.17. The standard InChI is InChI=1S/C28H25N3O3S2/c1-2-34-18-13-11-17(12-14-18)31-27(33)25-20-8-4-6-10-24(20)36-26(25)30-28(31)35-16-23(32)21-15-29-22-9-5-3-7-19(21)22/h3,5,7,9,11-15,29H,2,4,6,8,10,16H2,1H3. The molecule has 0 bridgehead atoms. The van der Waals surface area contributed by atoms with Crippen LogP contribution in [0, 0.1) is 0 Å². The van der Waals surface area contributed by atoms with Gasteiger partial charge in [-0.25, -0.2) is 4.98 Å². The molecule has 0 spiro atoms. The van der Waals surface area contributed by atoms with Gasteiger partial charge in [-0.15, -0.1) is 11.3 Å². The highest BCUT2D eigenvalue weighted by molar-refractivity contribution is 7.99. The van der Waals surface area contributed by atoms with Crippen LogP contribution >= 0.6 is 23.1 Å². The summed E-state index contributed by atoms with van der Waals surface area (Å²) in [6.45, 7) is 2.51. The Balaban J connectivity index is 1.42. The van der Waals surface area contributed by atoms with Crippen LogP contribution in [0.1, 0.15) is 40.6 Å². The Morgan fingerprint density at radius 1 is 1.14 bits per heavy atom. The number of benzene rings is 2. The molecular weight excluding hydrogens is 490 g/mol. The lowest BCUT2D eigenvalue weighted by molar-refractivity contribution is 0.102. The number of thioether (sulfide) groups is 1. The quantitative estimate of drug-likeness (QED) is 0.159. The maximum Gasteiger partial charge on any atom is 0.267 e. The van der Waals surface area contributed by atoms with E-state index < -0.39 is 0 Å². The second-order valence-electron chi connectivity index (χ2n) is 8.81. The molecule has 6 nitrogen and oxygen atoms in total. The molecule has 5 aromatic rings. The van der Waals surface area contributed by atoms with E-state index in [-0.39, 0.29) is 17.1 Å². The number of aromatic nitrogens is 3. The number of carbonyl (C=O) groups excluding carboxylic acids is 1. The molecule has 0 amide bonds. The van der Waals surface area contributed by atoms with Gasteiger partial charge in [0.25, 0.3) is 5.56 Å². The fourth-order valence-corrected chi connectivity index (χ4v) is 7.08. The molecule has 0 atom stereocenters. The lowest BCUT2D eigenvalue weighted by Gasteiger charge is -2.14. The van der Waals surface area contributed by atoms with Crippen molar-refractivity contribution in [2.24, 2.45) is 0 Å². The summed E-state index contributed by atoms with van der Waals surface area (Å²) in [6.07, 6.45) is 5.92. The highest BCUT2D eigenvalue weighted by atomic mass is 32.2.